The molecule has 0 aliphatic rings. The molecule has 126 valence electrons. The molecule has 2 amide bonds. The normalized spacial score (nSPS) is 13.0. The van der Waals surface area contributed by atoms with Crippen molar-refractivity contribution in [2.45, 2.75) is 38.8 Å². The van der Waals surface area contributed by atoms with E-state index in [-0.39, 0.29) is 11.8 Å². The average molecular weight is 321 g/mol. The van der Waals surface area contributed by atoms with Gasteiger partial charge in [0.05, 0.1) is 6.04 Å². The van der Waals surface area contributed by atoms with Gasteiger partial charge >= 0.3 is 5.97 Å². The Morgan fingerprint density at radius 1 is 1.26 bits per heavy atom. The fraction of sp³-hybridized carbons (Fsp3) is 0.438. The quantitative estimate of drug-likeness (QED) is 0.576. The highest BCUT2D eigenvalue weighted by Crippen LogP contribution is 2.11. The van der Waals surface area contributed by atoms with E-state index in [2.05, 4.69) is 16.0 Å². The number of benzene rings is 1. The fourth-order valence-electron chi connectivity index (χ4n) is 2.08. The van der Waals surface area contributed by atoms with Crippen molar-refractivity contribution in [2.75, 3.05) is 12.4 Å². The van der Waals surface area contributed by atoms with E-state index in [0.29, 0.717) is 24.1 Å². The van der Waals surface area contributed by atoms with Crippen LogP contribution in [0.15, 0.2) is 24.3 Å². The first-order valence-electron chi connectivity index (χ1n) is 7.50. The second-order valence-electron chi connectivity index (χ2n) is 5.22. The number of carboxylic acids is 1. The van der Waals surface area contributed by atoms with Crippen molar-refractivity contribution in [2.24, 2.45) is 0 Å². The lowest BCUT2D eigenvalue weighted by atomic mass is 10.1. The lowest BCUT2D eigenvalue weighted by Gasteiger charge is -2.19. The zero-order chi connectivity index (χ0) is 17.4. The molecule has 0 saturated heterocycles. The number of hydrogen-bond acceptors (Lipinski definition) is 4. The van der Waals surface area contributed by atoms with E-state index >= 15 is 0 Å². The number of rotatable bonds is 8. The van der Waals surface area contributed by atoms with Crippen LogP contribution in [-0.2, 0) is 9.59 Å². The molecule has 1 aromatic rings. The molecule has 1 aromatic carbocycles. The van der Waals surface area contributed by atoms with Gasteiger partial charge in [-0.05, 0) is 31.5 Å². The molecule has 1 rings (SSSR count). The van der Waals surface area contributed by atoms with Gasteiger partial charge in [-0.1, -0.05) is 19.4 Å². The largest absolute Gasteiger partial charge is 0.480 e. The van der Waals surface area contributed by atoms with E-state index in [1.54, 1.807) is 31.2 Å². The van der Waals surface area contributed by atoms with Crippen molar-refractivity contribution in [1.82, 2.24) is 10.6 Å². The second kappa shape index (κ2) is 8.89. The number of nitrogens with one attached hydrogen (secondary N) is 3. The summed E-state index contributed by atoms with van der Waals surface area (Å²) in [6.07, 6.45) is 1.14. The van der Waals surface area contributed by atoms with Gasteiger partial charge < -0.3 is 15.7 Å². The SMILES string of the molecule is CCCC(NC(C)C(=O)Nc1cccc(C(=O)NC)c1)C(=O)O. The molecule has 4 N–H and O–H groups in total. The highest BCUT2D eigenvalue weighted by atomic mass is 16.4. The monoisotopic (exact) mass is 321 g/mol. The van der Waals surface area contributed by atoms with Crippen LogP contribution < -0.4 is 16.0 Å². The van der Waals surface area contributed by atoms with Crippen LogP contribution in [-0.4, -0.2) is 42.0 Å². The van der Waals surface area contributed by atoms with Gasteiger partial charge in [-0.2, -0.15) is 0 Å². The highest BCUT2D eigenvalue weighted by Gasteiger charge is 2.22. The molecule has 0 aliphatic carbocycles. The summed E-state index contributed by atoms with van der Waals surface area (Å²) < 4.78 is 0. The minimum absolute atomic E-state index is 0.249. The van der Waals surface area contributed by atoms with Crippen molar-refractivity contribution >= 4 is 23.5 Å². The Kier molecular flexibility index (Phi) is 7.21. The van der Waals surface area contributed by atoms with Crippen LogP contribution in [0, 0.1) is 0 Å². The Morgan fingerprint density at radius 2 is 1.96 bits per heavy atom. The van der Waals surface area contributed by atoms with Crippen LogP contribution in [0.3, 0.4) is 0 Å². The van der Waals surface area contributed by atoms with Gasteiger partial charge in [0.15, 0.2) is 0 Å². The zero-order valence-corrected chi connectivity index (χ0v) is 13.6. The maximum Gasteiger partial charge on any atom is 0.320 e. The predicted molar refractivity (Wildman–Crippen MR) is 87.4 cm³/mol. The molecule has 0 aliphatic heterocycles. The first kappa shape index (κ1) is 18.6. The van der Waals surface area contributed by atoms with Crippen LogP contribution in [0.1, 0.15) is 37.0 Å². The van der Waals surface area contributed by atoms with Crippen LogP contribution >= 0.6 is 0 Å². The Labute approximate surface area is 135 Å². The third-order valence-electron chi connectivity index (χ3n) is 3.34. The first-order valence-corrected chi connectivity index (χ1v) is 7.50. The summed E-state index contributed by atoms with van der Waals surface area (Å²) in [4.78, 5) is 34.9. The van der Waals surface area contributed by atoms with Crippen molar-refractivity contribution < 1.29 is 19.5 Å². The molecule has 7 heteroatoms. The van der Waals surface area contributed by atoms with Crippen molar-refractivity contribution in [3.05, 3.63) is 29.8 Å². The van der Waals surface area contributed by atoms with E-state index in [9.17, 15) is 14.4 Å². The van der Waals surface area contributed by atoms with Crippen molar-refractivity contribution in [3.8, 4) is 0 Å². The molecule has 0 saturated carbocycles. The van der Waals surface area contributed by atoms with Gasteiger partial charge in [0.1, 0.15) is 6.04 Å². The first-order chi connectivity index (χ1) is 10.9. The van der Waals surface area contributed by atoms with Gasteiger partial charge in [0, 0.05) is 18.3 Å². The maximum absolute atomic E-state index is 12.2. The summed E-state index contributed by atoms with van der Waals surface area (Å²) in [7, 11) is 1.53. The number of aliphatic carboxylic acids is 1. The Balaban J connectivity index is 2.71. The molecular formula is C16H23N3O4. The molecule has 7 nitrogen and oxygen atoms in total. The number of carbonyl (C=O) groups excluding carboxylic acids is 2. The number of amides is 2. The molecule has 0 fully saturated rings. The zero-order valence-electron chi connectivity index (χ0n) is 13.6. The topological polar surface area (TPSA) is 108 Å². The van der Waals surface area contributed by atoms with Crippen LogP contribution in [0.4, 0.5) is 5.69 Å². The van der Waals surface area contributed by atoms with Crippen LogP contribution in [0.25, 0.3) is 0 Å². The summed E-state index contributed by atoms with van der Waals surface area (Å²) in [6, 6.07) is 5.08. The third kappa shape index (κ3) is 5.71. The van der Waals surface area contributed by atoms with E-state index in [1.165, 1.54) is 7.05 Å². The minimum atomic E-state index is -0.979. The Morgan fingerprint density at radius 3 is 2.52 bits per heavy atom. The maximum atomic E-state index is 12.2. The van der Waals surface area contributed by atoms with Crippen LogP contribution in [0.5, 0.6) is 0 Å². The molecule has 2 atom stereocenters. The highest BCUT2D eigenvalue weighted by molar-refractivity contribution is 5.98. The summed E-state index contributed by atoms with van der Waals surface area (Å²) in [5.41, 5.74) is 0.910. The second-order valence-corrected chi connectivity index (χ2v) is 5.22. The predicted octanol–water partition coefficient (Wildman–Crippen LogP) is 1.22. The van der Waals surface area contributed by atoms with Crippen molar-refractivity contribution in [1.29, 1.82) is 0 Å². The standard InChI is InChI=1S/C16H23N3O4/c1-4-6-13(16(22)23)18-10(2)14(20)19-12-8-5-7-11(9-12)15(21)17-3/h5,7-10,13,18H,4,6H2,1-3H3,(H,17,21)(H,19,20)(H,22,23). The number of hydrogen-bond donors (Lipinski definition) is 4. The molecule has 23 heavy (non-hydrogen) atoms. The summed E-state index contributed by atoms with van der Waals surface area (Å²) in [6.45, 7) is 3.48. The summed E-state index contributed by atoms with van der Waals surface area (Å²) >= 11 is 0. The van der Waals surface area contributed by atoms with Gasteiger partial charge in [-0.3, -0.25) is 19.7 Å². The third-order valence-corrected chi connectivity index (χ3v) is 3.34. The van der Waals surface area contributed by atoms with Gasteiger partial charge in [-0.15, -0.1) is 0 Å². The summed E-state index contributed by atoms with van der Waals surface area (Å²) in [5.74, 6) is -1.59. The number of carboxylic acid groups (broad SMARTS) is 1. The molecule has 0 radical (unpaired) electrons. The lowest BCUT2D eigenvalue weighted by molar-refractivity contribution is -0.140. The van der Waals surface area contributed by atoms with Crippen LogP contribution in [0.2, 0.25) is 0 Å². The van der Waals surface area contributed by atoms with E-state index < -0.39 is 18.1 Å². The number of carbonyl (C=O) groups is 3. The van der Waals surface area contributed by atoms with E-state index in [0.717, 1.165) is 0 Å². The van der Waals surface area contributed by atoms with E-state index in [4.69, 9.17) is 5.11 Å². The fourth-order valence-corrected chi connectivity index (χ4v) is 2.08. The summed E-state index contributed by atoms with van der Waals surface area (Å²) in [5, 5.41) is 17.1. The smallest absolute Gasteiger partial charge is 0.320 e. The molecule has 0 aromatic heterocycles. The van der Waals surface area contributed by atoms with E-state index in [1.807, 2.05) is 6.92 Å². The van der Waals surface area contributed by atoms with Gasteiger partial charge in [0.2, 0.25) is 5.91 Å². The molecule has 0 spiro atoms. The Bertz CT molecular complexity index is 574. The number of anilines is 1. The average Bonchev–Trinajstić information content (AvgIpc) is 2.53. The van der Waals surface area contributed by atoms with Gasteiger partial charge in [0.25, 0.3) is 5.91 Å². The molecule has 0 heterocycles. The molecule has 2 unspecified atom stereocenters. The minimum Gasteiger partial charge on any atom is -0.480 e. The van der Waals surface area contributed by atoms with Crippen molar-refractivity contribution in [3.63, 3.8) is 0 Å². The molecule has 0 bridgehead atoms. The molecular weight excluding hydrogens is 298 g/mol. The Hall–Kier alpha value is -2.41. The van der Waals surface area contributed by atoms with Gasteiger partial charge in [-0.25, -0.2) is 0 Å². The lowest BCUT2D eigenvalue weighted by Crippen LogP contribution is -2.47.